The zero-order chi connectivity index (χ0) is 25.2. The first-order valence-corrected chi connectivity index (χ1v) is 13.2. The van der Waals surface area contributed by atoms with Crippen LogP contribution in [0.1, 0.15) is 66.7 Å². The predicted octanol–water partition coefficient (Wildman–Crippen LogP) is 5.66. The summed E-state index contributed by atoms with van der Waals surface area (Å²) in [4.78, 5) is 25.7. The Hall–Kier alpha value is -2.70. The van der Waals surface area contributed by atoms with Crippen molar-refractivity contribution in [3.63, 3.8) is 0 Å². The van der Waals surface area contributed by atoms with E-state index in [-0.39, 0.29) is 41.2 Å². The fourth-order valence-corrected chi connectivity index (χ4v) is 6.88. The first-order valence-electron chi connectivity index (χ1n) is 13.2. The molecule has 6 nitrogen and oxygen atoms in total. The molecule has 2 aromatic rings. The molecule has 2 aromatic carbocycles. The topological polar surface area (TPSA) is 71.1 Å². The summed E-state index contributed by atoms with van der Waals surface area (Å²) in [7, 11) is 0. The van der Waals surface area contributed by atoms with Crippen LogP contribution in [0.2, 0.25) is 0 Å². The number of fused-ring (bicyclic) bond motifs is 2. The van der Waals surface area contributed by atoms with Crippen LogP contribution in [0.4, 0.5) is 0 Å². The second-order valence-corrected chi connectivity index (χ2v) is 10.8. The molecule has 36 heavy (non-hydrogen) atoms. The molecule has 5 atom stereocenters. The predicted molar refractivity (Wildman–Crippen MR) is 134 cm³/mol. The second kappa shape index (κ2) is 10.3. The van der Waals surface area contributed by atoms with Gasteiger partial charge in [0, 0.05) is 11.8 Å². The first kappa shape index (κ1) is 25.0. The summed E-state index contributed by atoms with van der Waals surface area (Å²) in [5.74, 6) is -0.676. The molecule has 6 heteroatoms. The molecule has 0 unspecified atom stereocenters. The van der Waals surface area contributed by atoms with Gasteiger partial charge in [0.25, 0.3) is 0 Å². The summed E-state index contributed by atoms with van der Waals surface area (Å²) in [6.07, 6.45) is 3.91. The van der Waals surface area contributed by atoms with Gasteiger partial charge in [-0.1, -0.05) is 50.2 Å². The molecule has 1 aliphatic heterocycles. The van der Waals surface area contributed by atoms with E-state index in [4.69, 9.17) is 18.9 Å². The Bertz CT molecular complexity index is 1050. The van der Waals surface area contributed by atoms with Gasteiger partial charge in [0.05, 0.1) is 30.9 Å². The van der Waals surface area contributed by atoms with E-state index in [1.165, 1.54) is 0 Å². The number of rotatable bonds is 5. The van der Waals surface area contributed by atoms with Crippen LogP contribution >= 0.6 is 0 Å². The molecule has 0 N–H and O–H groups in total. The summed E-state index contributed by atoms with van der Waals surface area (Å²) < 4.78 is 24.6. The standard InChI is InChI=1S/C30H36O6/c1-21-19-29(2)25(15-16-30(29)34-17-18-35-30)24(20-33-27(31)22-9-5-3-6-10-22)13-14-26(21)36-28(32)23-11-7-4-8-12-23/h3-12,21,24-26H,13-20H2,1-2H3/t21-,24-,25-,26-,29-/m1/s1. The fraction of sp³-hybridized carbons (Fsp3) is 0.533. The molecule has 5 rings (SSSR count). The number of hydrogen-bond donors (Lipinski definition) is 0. The van der Waals surface area contributed by atoms with Crippen molar-refractivity contribution in [3.8, 4) is 0 Å². The quantitative estimate of drug-likeness (QED) is 0.501. The lowest BCUT2D eigenvalue weighted by molar-refractivity contribution is -0.237. The lowest BCUT2D eigenvalue weighted by atomic mass is 9.63. The SMILES string of the molecule is C[C@@H]1C[C@]2(C)[C@H](CCC23OCCO3)[C@@H](COC(=O)c2ccccc2)CC[C@H]1OC(=O)c1ccccc1. The van der Waals surface area contributed by atoms with Crippen LogP contribution in [0.25, 0.3) is 0 Å². The van der Waals surface area contributed by atoms with Crippen LogP contribution in [-0.4, -0.2) is 43.7 Å². The number of benzene rings is 2. The molecular weight excluding hydrogens is 456 g/mol. The number of carbonyl (C=O) groups excluding carboxylic acids is 2. The number of hydrogen-bond acceptors (Lipinski definition) is 6. The maximum Gasteiger partial charge on any atom is 0.338 e. The minimum absolute atomic E-state index is 0.125. The van der Waals surface area contributed by atoms with E-state index in [9.17, 15) is 9.59 Å². The molecule has 1 heterocycles. The van der Waals surface area contributed by atoms with E-state index in [0.717, 1.165) is 32.1 Å². The Balaban J connectivity index is 1.37. The number of carbonyl (C=O) groups is 2. The van der Waals surface area contributed by atoms with Crippen molar-refractivity contribution < 1.29 is 28.5 Å². The summed E-state index contributed by atoms with van der Waals surface area (Å²) in [5.41, 5.74) is 0.841. The van der Waals surface area contributed by atoms with E-state index < -0.39 is 5.79 Å². The largest absolute Gasteiger partial charge is 0.462 e. The van der Waals surface area contributed by atoms with Crippen molar-refractivity contribution in [2.75, 3.05) is 19.8 Å². The van der Waals surface area contributed by atoms with E-state index in [0.29, 0.717) is 30.9 Å². The molecule has 0 aromatic heterocycles. The Morgan fingerprint density at radius 1 is 0.889 bits per heavy atom. The molecule has 0 radical (unpaired) electrons. The zero-order valence-corrected chi connectivity index (χ0v) is 21.2. The third-order valence-corrected chi connectivity index (χ3v) is 8.70. The van der Waals surface area contributed by atoms with Crippen molar-refractivity contribution in [3.05, 3.63) is 71.8 Å². The van der Waals surface area contributed by atoms with Crippen molar-refractivity contribution in [2.45, 2.75) is 57.8 Å². The lowest BCUT2D eigenvalue weighted by Gasteiger charge is -2.48. The van der Waals surface area contributed by atoms with Gasteiger partial charge in [0.15, 0.2) is 5.79 Å². The van der Waals surface area contributed by atoms with Crippen LogP contribution in [0.15, 0.2) is 60.7 Å². The molecule has 0 amide bonds. The van der Waals surface area contributed by atoms with Gasteiger partial charge in [-0.05, 0) is 67.7 Å². The monoisotopic (exact) mass is 492 g/mol. The summed E-state index contributed by atoms with van der Waals surface area (Å²) in [6.45, 7) is 5.95. The third-order valence-electron chi connectivity index (χ3n) is 8.70. The average molecular weight is 493 g/mol. The van der Waals surface area contributed by atoms with Crippen molar-refractivity contribution in [1.82, 2.24) is 0 Å². The minimum Gasteiger partial charge on any atom is -0.462 e. The van der Waals surface area contributed by atoms with E-state index in [1.54, 1.807) is 24.3 Å². The van der Waals surface area contributed by atoms with Gasteiger partial charge in [-0.15, -0.1) is 0 Å². The Kier molecular flexibility index (Phi) is 7.18. The molecule has 3 aliphatic rings. The van der Waals surface area contributed by atoms with Crippen LogP contribution in [-0.2, 0) is 18.9 Å². The highest BCUT2D eigenvalue weighted by molar-refractivity contribution is 5.89. The van der Waals surface area contributed by atoms with Gasteiger partial charge in [-0.2, -0.15) is 0 Å². The zero-order valence-electron chi connectivity index (χ0n) is 21.2. The summed E-state index contributed by atoms with van der Waals surface area (Å²) in [5, 5.41) is 0. The molecule has 2 saturated carbocycles. The maximum atomic E-state index is 12.9. The Labute approximate surface area is 213 Å². The van der Waals surface area contributed by atoms with Gasteiger partial charge in [-0.25, -0.2) is 9.59 Å². The van der Waals surface area contributed by atoms with Crippen LogP contribution in [0.5, 0.6) is 0 Å². The first-order chi connectivity index (χ1) is 17.4. The Morgan fingerprint density at radius 3 is 2.14 bits per heavy atom. The number of ether oxygens (including phenoxy) is 4. The lowest BCUT2D eigenvalue weighted by Crippen LogP contribution is -2.51. The molecule has 2 aliphatic carbocycles. The average Bonchev–Trinajstić information content (AvgIpc) is 3.49. The van der Waals surface area contributed by atoms with E-state index in [2.05, 4.69) is 13.8 Å². The maximum absolute atomic E-state index is 12.9. The van der Waals surface area contributed by atoms with Gasteiger partial charge in [0.1, 0.15) is 6.10 Å². The molecule has 1 spiro atoms. The van der Waals surface area contributed by atoms with Crippen LogP contribution in [0, 0.1) is 23.2 Å². The Morgan fingerprint density at radius 2 is 1.50 bits per heavy atom. The fourth-order valence-electron chi connectivity index (χ4n) is 6.88. The number of esters is 2. The van der Waals surface area contributed by atoms with E-state index >= 15 is 0 Å². The smallest absolute Gasteiger partial charge is 0.338 e. The van der Waals surface area contributed by atoms with Gasteiger partial charge < -0.3 is 18.9 Å². The highest BCUT2D eigenvalue weighted by Crippen LogP contribution is 2.61. The summed E-state index contributed by atoms with van der Waals surface area (Å²) >= 11 is 0. The molecule has 0 bridgehead atoms. The van der Waals surface area contributed by atoms with Crippen molar-refractivity contribution in [1.29, 1.82) is 0 Å². The molecular formula is C30H36O6. The van der Waals surface area contributed by atoms with Crippen molar-refractivity contribution in [2.24, 2.45) is 23.2 Å². The van der Waals surface area contributed by atoms with Crippen LogP contribution in [0.3, 0.4) is 0 Å². The van der Waals surface area contributed by atoms with Crippen LogP contribution < -0.4 is 0 Å². The second-order valence-electron chi connectivity index (χ2n) is 10.8. The van der Waals surface area contributed by atoms with Gasteiger partial charge in [-0.3, -0.25) is 0 Å². The normalized spacial score (nSPS) is 31.3. The molecule has 3 fully saturated rings. The minimum atomic E-state index is -0.626. The molecule has 1 saturated heterocycles. The highest BCUT2D eigenvalue weighted by Gasteiger charge is 2.63. The molecule has 192 valence electrons. The van der Waals surface area contributed by atoms with Gasteiger partial charge >= 0.3 is 11.9 Å². The summed E-state index contributed by atoms with van der Waals surface area (Å²) in [6, 6.07) is 18.3. The van der Waals surface area contributed by atoms with Gasteiger partial charge in [0.2, 0.25) is 0 Å². The van der Waals surface area contributed by atoms with E-state index in [1.807, 2.05) is 36.4 Å². The third kappa shape index (κ3) is 4.69. The highest BCUT2D eigenvalue weighted by atomic mass is 16.7. The van der Waals surface area contributed by atoms with Crippen molar-refractivity contribution >= 4 is 11.9 Å².